The highest BCUT2D eigenvalue weighted by molar-refractivity contribution is 5.89. The van der Waals surface area contributed by atoms with E-state index in [9.17, 15) is 14.7 Å². The number of carboxylic acid groups (broad SMARTS) is 1. The second-order valence-corrected chi connectivity index (χ2v) is 8.17. The summed E-state index contributed by atoms with van der Waals surface area (Å²) in [6.45, 7) is 0.618. The van der Waals surface area contributed by atoms with Crippen molar-refractivity contribution < 1.29 is 19.4 Å². The number of benzene rings is 2. The Labute approximate surface area is 163 Å². The number of fused-ring (bicyclic) bond motifs is 3. The molecular formula is C23H23NO4. The predicted molar refractivity (Wildman–Crippen MR) is 103 cm³/mol. The quantitative estimate of drug-likeness (QED) is 0.858. The van der Waals surface area contributed by atoms with E-state index >= 15 is 0 Å². The summed E-state index contributed by atoms with van der Waals surface area (Å²) in [6.07, 6.45) is 4.71. The standard InChI is InChI=1S/C23H23NO4/c25-21(18-13-23(18)10-3-5-14-4-1-2-6-17(14)23)24-20(22(26)27)16-7-8-19-15(12-16)9-11-28-19/h1-2,4,6-8,12,18,20H,3,5,9-11,13H2,(H,24,25)(H,26,27). The molecule has 3 aliphatic rings. The number of ether oxygens (including phenoxy) is 1. The molecule has 1 fully saturated rings. The fraction of sp³-hybridized carbons (Fsp3) is 0.391. The lowest BCUT2D eigenvalue weighted by atomic mass is 9.78. The first-order valence-corrected chi connectivity index (χ1v) is 9.96. The summed E-state index contributed by atoms with van der Waals surface area (Å²) >= 11 is 0. The highest BCUT2D eigenvalue weighted by Gasteiger charge is 2.60. The molecule has 3 atom stereocenters. The summed E-state index contributed by atoms with van der Waals surface area (Å²) < 4.78 is 5.50. The molecule has 1 aliphatic heterocycles. The number of aliphatic carboxylic acids is 1. The summed E-state index contributed by atoms with van der Waals surface area (Å²) in [5.41, 5.74) is 4.11. The third kappa shape index (κ3) is 2.68. The van der Waals surface area contributed by atoms with Crippen LogP contribution in [0.3, 0.4) is 0 Å². The molecule has 0 saturated heterocycles. The molecule has 1 saturated carbocycles. The van der Waals surface area contributed by atoms with E-state index in [-0.39, 0.29) is 17.2 Å². The van der Waals surface area contributed by atoms with E-state index in [0.29, 0.717) is 12.2 Å². The van der Waals surface area contributed by atoms with Crippen LogP contribution in [0.2, 0.25) is 0 Å². The Kier molecular flexibility index (Phi) is 3.93. The van der Waals surface area contributed by atoms with Crippen LogP contribution in [0.25, 0.3) is 0 Å². The third-order valence-corrected chi connectivity index (χ3v) is 6.59. The van der Waals surface area contributed by atoms with Gasteiger partial charge in [-0.25, -0.2) is 4.79 Å². The van der Waals surface area contributed by atoms with Crippen LogP contribution < -0.4 is 10.1 Å². The minimum absolute atomic E-state index is 0.103. The largest absolute Gasteiger partial charge is 0.493 e. The topological polar surface area (TPSA) is 75.6 Å². The van der Waals surface area contributed by atoms with Gasteiger partial charge in [0.25, 0.3) is 0 Å². The summed E-state index contributed by atoms with van der Waals surface area (Å²) in [5, 5.41) is 12.5. The molecule has 2 aromatic carbocycles. The van der Waals surface area contributed by atoms with Gasteiger partial charge in [-0.1, -0.05) is 30.3 Å². The first-order valence-electron chi connectivity index (χ1n) is 9.96. The lowest BCUT2D eigenvalue weighted by Gasteiger charge is -2.26. The van der Waals surface area contributed by atoms with Crippen molar-refractivity contribution in [3.05, 3.63) is 64.7 Å². The predicted octanol–water partition coefficient (Wildman–Crippen LogP) is 3.16. The van der Waals surface area contributed by atoms with E-state index in [4.69, 9.17) is 4.74 Å². The molecule has 0 bridgehead atoms. The maximum Gasteiger partial charge on any atom is 0.330 e. The van der Waals surface area contributed by atoms with E-state index in [1.807, 2.05) is 18.2 Å². The first kappa shape index (κ1) is 17.3. The second kappa shape index (κ2) is 6.36. The molecule has 2 aliphatic carbocycles. The van der Waals surface area contributed by atoms with Crippen molar-refractivity contribution in [3.8, 4) is 5.75 Å². The average Bonchev–Trinajstić information content (AvgIpc) is 3.21. The van der Waals surface area contributed by atoms with Crippen LogP contribution in [0.5, 0.6) is 5.75 Å². The summed E-state index contributed by atoms with van der Waals surface area (Å²) in [7, 11) is 0. The van der Waals surface area contributed by atoms with Crippen molar-refractivity contribution in [2.24, 2.45) is 5.92 Å². The molecular weight excluding hydrogens is 354 g/mol. The molecule has 28 heavy (non-hydrogen) atoms. The van der Waals surface area contributed by atoms with Crippen molar-refractivity contribution in [2.45, 2.75) is 43.6 Å². The van der Waals surface area contributed by atoms with Crippen LogP contribution in [0.15, 0.2) is 42.5 Å². The molecule has 144 valence electrons. The van der Waals surface area contributed by atoms with E-state index < -0.39 is 12.0 Å². The van der Waals surface area contributed by atoms with Gasteiger partial charge in [-0.05, 0) is 60.1 Å². The Morgan fingerprint density at radius 3 is 2.86 bits per heavy atom. The van der Waals surface area contributed by atoms with Crippen LogP contribution in [-0.2, 0) is 27.8 Å². The van der Waals surface area contributed by atoms with Gasteiger partial charge in [0, 0.05) is 17.8 Å². The average molecular weight is 377 g/mol. The van der Waals surface area contributed by atoms with Gasteiger partial charge in [0.05, 0.1) is 6.61 Å². The fourth-order valence-corrected chi connectivity index (χ4v) is 5.09. The highest BCUT2D eigenvalue weighted by atomic mass is 16.5. The molecule has 0 radical (unpaired) electrons. The summed E-state index contributed by atoms with van der Waals surface area (Å²) in [6, 6.07) is 12.7. The van der Waals surface area contributed by atoms with Crippen LogP contribution >= 0.6 is 0 Å². The Morgan fingerprint density at radius 1 is 1.14 bits per heavy atom. The third-order valence-electron chi connectivity index (χ3n) is 6.59. The number of nitrogens with one attached hydrogen (secondary N) is 1. The number of rotatable bonds is 4. The van der Waals surface area contributed by atoms with Crippen molar-refractivity contribution in [3.63, 3.8) is 0 Å². The molecule has 2 N–H and O–H groups in total. The number of amides is 1. The Morgan fingerprint density at radius 2 is 2.00 bits per heavy atom. The number of hydrogen-bond acceptors (Lipinski definition) is 3. The van der Waals surface area contributed by atoms with Crippen molar-refractivity contribution in [2.75, 3.05) is 6.61 Å². The van der Waals surface area contributed by atoms with E-state index in [2.05, 4.69) is 17.4 Å². The summed E-state index contributed by atoms with van der Waals surface area (Å²) in [4.78, 5) is 24.9. The number of carbonyl (C=O) groups is 2. The van der Waals surface area contributed by atoms with Gasteiger partial charge >= 0.3 is 5.97 Å². The van der Waals surface area contributed by atoms with Crippen molar-refractivity contribution in [1.82, 2.24) is 5.32 Å². The Bertz CT molecular complexity index is 969. The zero-order chi connectivity index (χ0) is 19.3. The van der Waals surface area contributed by atoms with Crippen molar-refractivity contribution >= 4 is 11.9 Å². The maximum atomic E-state index is 13.0. The SMILES string of the molecule is O=C(O)C(NC(=O)C1CC12CCCc1ccccc12)c1ccc2c(c1)CCO2. The number of carboxylic acids is 1. The molecule has 0 aromatic heterocycles. The monoisotopic (exact) mass is 377 g/mol. The normalized spacial score (nSPS) is 25.4. The fourth-order valence-electron chi connectivity index (χ4n) is 5.09. The molecule has 5 nitrogen and oxygen atoms in total. The lowest BCUT2D eigenvalue weighted by molar-refractivity contribution is -0.142. The minimum atomic E-state index is -1.04. The van der Waals surface area contributed by atoms with E-state index in [0.717, 1.165) is 43.4 Å². The Hall–Kier alpha value is -2.82. The van der Waals surface area contributed by atoms with E-state index in [1.165, 1.54) is 11.1 Å². The highest BCUT2D eigenvalue weighted by Crippen LogP contribution is 2.60. The molecule has 5 rings (SSSR count). The second-order valence-electron chi connectivity index (χ2n) is 8.17. The van der Waals surface area contributed by atoms with Gasteiger partial charge in [0.15, 0.2) is 6.04 Å². The zero-order valence-corrected chi connectivity index (χ0v) is 15.6. The van der Waals surface area contributed by atoms with E-state index in [1.54, 1.807) is 12.1 Å². The van der Waals surface area contributed by atoms with Gasteiger partial charge in [-0.3, -0.25) is 4.79 Å². The summed E-state index contributed by atoms with van der Waals surface area (Å²) in [5.74, 6) is -0.528. The van der Waals surface area contributed by atoms with Crippen LogP contribution in [0, 0.1) is 5.92 Å². The molecule has 2 aromatic rings. The molecule has 5 heteroatoms. The molecule has 3 unspecified atom stereocenters. The Balaban J connectivity index is 1.37. The van der Waals surface area contributed by atoms with Gasteiger partial charge in [-0.15, -0.1) is 0 Å². The molecule has 1 spiro atoms. The smallest absolute Gasteiger partial charge is 0.330 e. The minimum Gasteiger partial charge on any atom is -0.493 e. The molecule has 1 amide bonds. The number of aryl methyl sites for hydroxylation is 1. The maximum absolute atomic E-state index is 13.0. The molecule has 1 heterocycles. The van der Waals surface area contributed by atoms with Crippen LogP contribution in [0.4, 0.5) is 0 Å². The van der Waals surface area contributed by atoms with Gasteiger partial charge in [-0.2, -0.15) is 0 Å². The van der Waals surface area contributed by atoms with Crippen LogP contribution in [-0.4, -0.2) is 23.6 Å². The van der Waals surface area contributed by atoms with Gasteiger partial charge in [0.1, 0.15) is 5.75 Å². The van der Waals surface area contributed by atoms with Gasteiger partial charge < -0.3 is 15.2 Å². The first-order chi connectivity index (χ1) is 13.6. The lowest BCUT2D eigenvalue weighted by Crippen LogP contribution is -2.36. The van der Waals surface area contributed by atoms with Crippen LogP contribution in [0.1, 0.15) is 47.6 Å². The zero-order valence-electron chi connectivity index (χ0n) is 15.6. The van der Waals surface area contributed by atoms with Crippen molar-refractivity contribution in [1.29, 1.82) is 0 Å². The van der Waals surface area contributed by atoms with Gasteiger partial charge in [0.2, 0.25) is 5.91 Å². The number of hydrogen-bond donors (Lipinski definition) is 2. The number of carbonyl (C=O) groups excluding carboxylic acids is 1.